The molecule has 0 bridgehead atoms. The fraction of sp³-hybridized carbons (Fsp3) is 0.333. The molecule has 156 valence electrons. The zero-order valence-electron chi connectivity index (χ0n) is 15.8. The highest BCUT2D eigenvalue weighted by molar-refractivity contribution is 5.90. The van der Waals surface area contributed by atoms with Crippen LogP contribution < -0.4 is 0 Å². The predicted molar refractivity (Wildman–Crippen MR) is 109 cm³/mol. The summed E-state index contributed by atoms with van der Waals surface area (Å²) >= 11 is 0. The van der Waals surface area contributed by atoms with Gasteiger partial charge in [0.2, 0.25) is 0 Å². The van der Waals surface area contributed by atoms with Gasteiger partial charge in [0.15, 0.2) is 0 Å². The van der Waals surface area contributed by atoms with Crippen LogP contribution >= 0.6 is 12.4 Å². The zero-order chi connectivity index (χ0) is 19.9. The van der Waals surface area contributed by atoms with Crippen molar-refractivity contribution >= 4 is 24.6 Å². The van der Waals surface area contributed by atoms with Crippen LogP contribution in [0.5, 0.6) is 0 Å². The Labute approximate surface area is 174 Å². The first kappa shape index (κ1) is 22.8. The van der Waals surface area contributed by atoms with Crippen LogP contribution in [0.4, 0.5) is 8.78 Å². The monoisotopic (exact) mass is 424 g/mol. The third kappa shape index (κ3) is 6.24. The summed E-state index contributed by atoms with van der Waals surface area (Å²) in [4.78, 5) is 18.5. The Morgan fingerprint density at radius 3 is 2.79 bits per heavy atom. The molecule has 1 unspecified atom stereocenters. The molecule has 1 aliphatic heterocycles. The number of aliphatic carboxylic acids is 1. The molecule has 0 saturated carbocycles. The lowest BCUT2D eigenvalue weighted by Gasteiger charge is -2.29. The molecule has 1 N–H and O–H groups in total. The molecule has 1 saturated heterocycles. The van der Waals surface area contributed by atoms with Crippen LogP contribution in [0.25, 0.3) is 11.1 Å². The molecule has 2 aromatic rings. The summed E-state index contributed by atoms with van der Waals surface area (Å²) < 4.78 is 27.2. The molecule has 0 spiro atoms. The number of rotatable bonds is 7. The first-order valence-corrected chi connectivity index (χ1v) is 9.19. The lowest BCUT2D eigenvalue weighted by Crippen LogP contribution is -2.40. The SMILES string of the molecule is Cl.O=C(O)C1CCCN(CCO/N=C/c2ccccc2-c2ccc(F)cc2F)C1. The van der Waals surface area contributed by atoms with Crippen molar-refractivity contribution in [3.05, 3.63) is 59.7 Å². The average Bonchev–Trinajstić information content (AvgIpc) is 2.68. The van der Waals surface area contributed by atoms with Gasteiger partial charge in [0.05, 0.1) is 12.1 Å². The Balaban J connectivity index is 0.00000300. The van der Waals surface area contributed by atoms with Gasteiger partial charge in [-0.3, -0.25) is 9.69 Å². The number of carbonyl (C=O) groups is 1. The Morgan fingerprint density at radius 2 is 2.03 bits per heavy atom. The van der Waals surface area contributed by atoms with Crippen molar-refractivity contribution in [2.45, 2.75) is 12.8 Å². The second-order valence-corrected chi connectivity index (χ2v) is 6.76. The summed E-state index contributed by atoms with van der Waals surface area (Å²) in [6, 6.07) is 10.5. The van der Waals surface area contributed by atoms with E-state index in [2.05, 4.69) is 10.1 Å². The molecule has 29 heavy (non-hydrogen) atoms. The molecular weight excluding hydrogens is 402 g/mol. The van der Waals surface area contributed by atoms with Crippen LogP contribution in [0.3, 0.4) is 0 Å². The van der Waals surface area contributed by atoms with Gasteiger partial charge in [-0.15, -0.1) is 12.4 Å². The Morgan fingerprint density at radius 1 is 1.24 bits per heavy atom. The summed E-state index contributed by atoms with van der Waals surface area (Å²) in [5.74, 6) is -2.35. The average molecular weight is 425 g/mol. The number of hydrogen-bond donors (Lipinski definition) is 1. The molecule has 1 aliphatic rings. The van der Waals surface area contributed by atoms with Gasteiger partial charge >= 0.3 is 5.97 Å². The lowest BCUT2D eigenvalue weighted by atomic mass is 9.98. The van der Waals surface area contributed by atoms with Gasteiger partial charge in [0.25, 0.3) is 0 Å². The maximum atomic E-state index is 14.1. The van der Waals surface area contributed by atoms with E-state index in [4.69, 9.17) is 9.94 Å². The van der Waals surface area contributed by atoms with E-state index in [-0.39, 0.29) is 23.9 Å². The van der Waals surface area contributed by atoms with E-state index in [1.807, 2.05) is 0 Å². The maximum Gasteiger partial charge on any atom is 0.307 e. The first-order valence-electron chi connectivity index (χ1n) is 9.19. The van der Waals surface area contributed by atoms with Crippen molar-refractivity contribution in [2.24, 2.45) is 11.1 Å². The standard InChI is InChI=1S/C21H22F2N2O3.ClH/c22-17-7-8-19(20(23)12-17)18-6-2-1-4-15(18)13-24-28-11-10-25-9-3-5-16(14-25)21(26)27;/h1-2,4,6-8,12-13,16H,3,5,9-11,14H2,(H,26,27);1H/b24-13+;. The molecule has 3 rings (SSSR count). The fourth-order valence-corrected chi connectivity index (χ4v) is 3.34. The summed E-state index contributed by atoms with van der Waals surface area (Å²) in [5, 5.41) is 13.1. The highest BCUT2D eigenvalue weighted by atomic mass is 35.5. The van der Waals surface area contributed by atoms with Gasteiger partial charge in [-0.2, -0.15) is 0 Å². The maximum absolute atomic E-state index is 14.1. The minimum atomic E-state index is -0.756. The second-order valence-electron chi connectivity index (χ2n) is 6.76. The normalized spacial score (nSPS) is 17.1. The van der Waals surface area contributed by atoms with Crippen molar-refractivity contribution in [1.82, 2.24) is 4.90 Å². The van der Waals surface area contributed by atoms with Crippen molar-refractivity contribution in [1.29, 1.82) is 0 Å². The van der Waals surface area contributed by atoms with E-state index in [1.54, 1.807) is 24.3 Å². The van der Waals surface area contributed by atoms with Gasteiger partial charge < -0.3 is 9.94 Å². The van der Waals surface area contributed by atoms with E-state index >= 15 is 0 Å². The van der Waals surface area contributed by atoms with Crippen molar-refractivity contribution in [3.8, 4) is 11.1 Å². The van der Waals surface area contributed by atoms with Gasteiger partial charge in [-0.05, 0) is 37.1 Å². The summed E-state index contributed by atoms with van der Waals surface area (Å²) in [7, 11) is 0. The molecule has 0 aliphatic carbocycles. The molecule has 1 fully saturated rings. The molecule has 2 aromatic carbocycles. The van der Waals surface area contributed by atoms with Crippen LogP contribution in [0.1, 0.15) is 18.4 Å². The smallest absolute Gasteiger partial charge is 0.307 e. The number of halogens is 3. The van der Waals surface area contributed by atoms with E-state index in [9.17, 15) is 13.6 Å². The third-order valence-electron chi connectivity index (χ3n) is 4.80. The number of oxime groups is 1. The topological polar surface area (TPSA) is 62.1 Å². The van der Waals surface area contributed by atoms with E-state index < -0.39 is 17.6 Å². The van der Waals surface area contributed by atoms with Crippen LogP contribution in [0.2, 0.25) is 0 Å². The van der Waals surface area contributed by atoms with Gasteiger partial charge in [0.1, 0.15) is 18.2 Å². The summed E-state index contributed by atoms with van der Waals surface area (Å²) in [6.45, 7) is 2.30. The molecule has 1 atom stereocenters. The van der Waals surface area contributed by atoms with Crippen LogP contribution in [0.15, 0.2) is 47.6 Å². The Hall–Kier alpha value is -2.51. The van der Waals surface area contributed by atoms with Gasteiger partial charge in [-0.25, -0.2) is 8.78 Å². The highest BCUT2D eigenvalue weighted by Crippen LogP contribution is 2.26. The number of carboxylic acids is 1. The van der Waals surface area contributed by atoms with Crippen molar-refractivity contribution in [3.63, 3.8) is 0 Å². The molecule has 0 amide bonds. The largest absolute Gasteiger partial charge is 0.481 e. The quantitative estimate of drug-likeness (QED) is 0.411. The fourth-order valence-electron chi connectivity index (χ4n) is 3.34. The first-order chi connectivity index (χ1) is 13.5. The van der Waals surface area contributed by atoms with Crippen molar-refractivity contribution < 1.29 is 23.5 Å². The van der Waals surface area contributed by atoms with Gasteiger partial charge in [0, 0.05) is 30.3 Å². The molecular formula is C21H23ClF2N2O3. The molecule has 1 heterocycles. The number of piperidine rings is 1. The zero-order valence-corrected chi connectivity index (χ0v) is 16.6. The second kappa shape index (κ2) is 10.9. The summed E-state index contributed by atoms with van der Waals surface area (Å²) in [6.07, 6.45) is 3.06. The van der Waals surface area contributed by atoms with E-state index in [0.29, 0.717) is 37.2 Å². The number of hydrogen-bond acceptors (Lipinski definition) is 4. The predicted octanol–water partition coefficient (Wildman–Crippen LogP) is 4.20. The molecule has 8 heteroatoms. The van der Waals surface area contributed by atoms with Crippen molar-refractivity contribution in [2.75, 3.05) is 26.2 Å². The van der Waals surface area contributed by atoms with E-state index in [1.165, 1.54) is 18.3 Å². The Kier molecular flexibility index (Phi) is 8.54. The number of nitrogens with zero attached hydrogens (tertiary/aromatic N) is 2. The molecule has 0 aromatic heterocycles. The highest BCUT2D eigenvalue weighted by Gasteiger charge is 2.24. The number of likely N-dealkylation sites (tertiary alicyclic amines) is 1. The number of carboxylic acid groups (broad SMARTS) is 1. The lowest BCUT2D eigenvalue weighted by molar-refractivity contribution is -0.143. The molecule has 5 nitrogen and oxygen atoms in total. The number of benzene rings is 2. The summed E-state index contributed by atoms with van der Waals surface area (Å²) in [5.41, 5.74) is 1.53. The van der Waals surface area contributed by atoms with Crippen LogP contribution in [-0.2, 0) is 9.63 Å². The minimum absolute atomic E-state index is 0. The minimum Gasteiger partial charge on any atom is -0.481 e. The van der Waals surface area contributed by atoms with Gasteiger partial charge in [-0.1, -0.05) is 29.4 Å². The van der Waals surface area contributed by atoms with E-state index in [0.717, 1.165) is 19.0 Å². The van der Waals surface area contributed by atoms with Crippen LogP contribution in [-0.4, -0.2) is 48.4 Å². The Bertz CT molecular complexity index is 864. The molecule has 0 radical (unpaired) electrons. The third-order valence-corrected chi connectivity index (χ3v) is 4.80. The van der Waals surface area contributed by atoms with Crippen LogP contribution in [0, 0.1) is 17.6 Å².